The highest BCUT2D eigenvalue weighted by Crippen LogP contribution is 2.44. The first-order valence-corrected chi connectivity index (χ1v) is 12.3. The number of benzene rings is 3. The molecule has 0 bridgehead atoms. The Balaban J connectivity index is 1.80. The first-order chi connectivity index (χ1) is 16.3. The molecule has 0 spiro atoms. The third-order valence-corrected chi connectivity index (χ3v) is 6.18. The van der Waals surface area contributed by atoms with Gasteiger partial charge in [0, 0.05) is 5.57 Å². The van der Waals surface area contributed by atoms with Crippen molar-refractivity contribution in [2.75, 3.05) is 26.4 Å². The molecule has 3 aromatic rings. The average Bonchev–Trinajstić information content (AvgIpc) is 2.86. The molecule has 0 aliphatic carbocycles. The lowest BCUT2D eigenvalue weighted by Crippen LogP contribution is -2.42. The molecule has 0 aromatic heterocycles. The number of phosphoric ester groups is 1. The minimum absolute atomic E-state index is 0.134. The summed E-state index contributed by atoms with van der Waals surface area (Å²) in [7, 11) is -4.61. The van der Waals surface area contributed by atoms with E-state index < -0.39 is 13.8 Å². The SMILES string of the molecule is C=C(C)C(=O)OCCOP(=O)([O-])OCC[N+](c1ccccc1)(c1ccccc1)c1ccccc1. The van der Waals surface area contributed by atoms with Crippen molar-refractivity contribution in [1.29, 1.82) is 0 Å². The maximum Gasteiger partial charge on any atom is 0.333 e. The first kappa shape index (κ1) is 25.6. The zero-order valence-electron chi connectivity index (χ0n) is 19.0. The molecule has 0 N–H and O–H groups in total. The number of rotatable bonds is 12. The van der Waals surface area contributed by atoms with Gasteiger partial charge in [-0.15, -0.1) is 0 Å². The summed E-state index contributed by atoms with van der Waals surface area (Å²) in [4.78, 5) is 23.7. The lowest BCUT2D eigenvalue weighted by molar-refractivity contribution is -0.226. The number of hydrogen-bond acceptors (Lipinski definition) is 6. The second kappa shape index (κ2) is 11.9. The van der Waals surface area contributed by atoms with Crippen LogP contribution in [0, 0.1) is 0 Å². The molecule has 1 atom stereocenters. The Morgan fingerprint density at radius 2 is 1.21 bits per heavy atom. The van der Waals surface area contributed by atoms with Crippen LogP contribution in [0.1, 0.15) is 6.92 Å². The predicted octanol–water partition coefficient (Wildman–Crippen LogP) is 5.28. The van der Waals surface area contributed by atoms with Crippen molar-refractivity contribution in [2.45, 2.75) is 6.92 Å². The van der Waals surface area contributed by atoms with Gasteiger partial charge in [-0.3, -0.25) is 4.57 Å². The number of hydrogen-bond donors (Lipinski definition) is 0. The second-order valence-corrected chi connectivity index (χ2v) is 8.98. The van der Waals surface area contributed by atoms with E-state index >= 15 is 0 Å². The highest BCUT2D eigenvalue weighted by atomic mass is 31.2. The van der Waals surface area contributed by atoms with Crippen molar-refractivity contribution in [3.63, 3.8) is 0 Å². The van der Waals surface area contributed by atoms with E-state index in [9.17, 15) is 14.3 Å². The molecular formula is C26H28NO6P. The molecule has 0 aliphatic heterocycles. The van der Waals surface area contributed by atoms with Crippen molar-refractivity contribution in [3.8, 4) is 0 Å². The topological polar surface area (TPSA) is 84.9 Å². The van der Waals surface area contributed by atoms with Crippen LogP contribution in [0.15, 0.2) is 103 Å². The van der Waals surface area contributed by atoms with Gasteiger partial charge in [0.05, 0.1) is 6.61 Å². The second-order valence-electron chi connectivity index (χ2n) is 7.57. The van der Waals surface area contributed by atoms with Gasteiger partial charge in [0.25, 0.3) is 7.82 Å². The van der Waals surface area contributed by atoms with Crippen LogP contribution in [0.2, 0.25) is 0 Å². The van der Waals surface area contributed by atoms with Crippen LogP contribution in [0.4, 0.5) is 17.1 Å². The maximum absolute atomic E-state index is 12.3. The van der Waals surface area contributed by atoms with Crippen molar-refractivity contribution < 1.29 is 28.0 Å². The number of esters is 1. The molecule has 0 fully saturated rings. The maximum atomic E-state index is 12.3. The van der Waals surface area contributed by atoms with E-state index in [1.807, 2.05) is 91.0 Å². The van der Waals surface area contributed by atoms with Crippen LogP contribution in [0.25, 0.3) is 0 Å². The summed E-state index contributed by atoms with van der Waals surface area (Å²) in [5, 5.41) is 0. The number of phosphoric acid groups is 1. The van der Waals surface area contributed by atoms with E-state index in [2.05, 4.69) is 6.58 Å². The van der Waals surface area contributed by atoms with E-state index in [0.29, 0.717) is 0 Å². The molecule has 0 amide bonds. The molecule has 0 saturated carbocycles. The molecule has 3 aromatic carbocycles. The van der Waals surface area contributed by atoms with Gasteiger partial charge < -0.3 is 18.7 Å². The fourth-order valence-corrected chi connectivity index (χ4v) is 4.29. The van der Waals surface area contributed by atoms with Crippen molar-refractivity contribution in [1.82, 2.24) is 4.48 Å². The quantitative estimate of drug-likeness (QED) is 0.115. The molecular weight excluding hydrogens is 453 g/mol. The minimum atomic E-state index is -4.61. The van der Waals surface area contributed by atoms with Crippen LogP contribution < -0.4 is 9.38 Å². The van der Waals surface area contributed by atoms with E-state index in [0.717, 1.165) is 17.1 Å². The summed E-state index contributed by atoms with van der Waals surface area (Å²) in [6.45, 7) is 4.56. The monoisotopic (exact) mass is 481 g/mol. The van der Waals surface area contributed by atoms with Crippen LogP contribution >= 0.6 is 7.82 Å². The summed E-state index contributed by atoms with van der Waals surface area (Å²) in [5.41, 5.74) is 3.09. The van der Waals surface area contributed by atoms with Gasteiger partial charge in [0.15, 0.2) is 0 Å². The van der Waals surface area contributed by atoms with Gasteiger partial charge in [-0.1, -0.05) is 61.2 Å². The molecule has 3 rings (SSSR count). The summed E-state index contributed by atoms with van der Waals surface area (Å²) >= 11 is 0. The molecule has 34 heavy (non-hydrogen) atoms. The molecule has 0 radical (unpaired) electrons. The Labute approximate surface area is 200 Å². The number of carbonyl (C=O) groups is 1. The number of para-hydroxylation sites is 3. The Bertz CT molecular complexity index is 1030. The number of nitrogens with zero attached hydrogens (tertiary/aromatic N) is 1. The Morgan fingerprint density at radius 3 is 1.62 bits per heavy atom. The van der Waals surface area contributed by atoms with E-state index in [-0.39, 0.29) is 36.4 Å². The molecule has 0 aliphatic rings. The molecule has 7 nitrogen and oxygen atoms in total. The number of carbonyl (C=O) groups excluding carboxylic acids is 1. The van der Waals surface area contributed by atoms with E-state index in [4.69, 9.17) is 13.8 Å². The smallest absolute Gasteiger partial charge is 0.333 e. The highest BCUT2D eigenvalue weighted by Gasteiger charge is 2.36. The number of quaternary nitrogens is 1. The van der Waals surface area contributed by atoms with Crippen LogP contribution in [-0.4, -0.2) is 32.3 Å². The highest BCUT2D eigenvalue weighted by molar-refractivity contribution is 7.45. The number of ether oxygens (including phenoxy) is 1. The van der Waals surface area contributed by atoms with Crippen LogP contribution in [0.3, 0.4) is 0 Å². The molecule has 1 unspecified atom stereocenters. The van der Waals surface area contributed by atoms with E-state index in [1.165, 1.54) is 6.92 Å². The fraction of sp³-hybridized carbons (Fsp3) is 0.192. The summed E-state index contributed by atoms with van der Waals surface area (Å²) < 4.78 is 27.5. The fourth-order valence-electron chi connectivity index (χ4n) is 3.62. The van der Waals surface area contributed by atoms with Gasteiger partial charge in [-0.25, -0.2) is 9.28 Å². The summed E-state index contributed by atoms with van der Waals surface area (Å²) in [6.07, 6.45) is 0. The van der Waals surface area contributed by atoms with Crippen molar-refractivity contribution in [3.05, 3.63) is 103 Å². The zero-order valence-corrected chi connectivity index (χ0v) is 19.9. The molecule has 0 saturated heterocycles. The first-order valence-electron chi connectivity index (χ1n) is 10.8. The summed E-state index contributed by atoms with van der Waals surface area (Å²) in [5.74, 6) is -0.610. The van der Waals surface area contributed by atoms with Crippen LogP contribution in [-0.2, 0) is 23.1 Å². The predicted molar refractivity (Wildman–Crippen MR) is 131 cm³/mol. The van der Waals surface area contributed by atoms with Gasteiger partial charge >= 0.3 is 5.97 Å². The van der Waals surface area contributed by atoms with Crippen molar-refractivity contribution >= 4 is 30.9 Å². The summed E-state index contributed by atoms with van der Waals surface area (Å²) in [6, 6.07) is 29.5. The van der Waals surface area contributed by atoms with Crippen molar-refractivity contribution in [2.24, 2.45) is 0 Å². The third kappa shape index (κ3) is 6.50. The lowest BCUT2D eigenvalue weighted by Gasteiger charge is -2.38. The normalized spacial score (nSPS) is 13.1. The average molecular weight is 481 g/mol. The third-order valence-electron chi connectivity index (χ3n) is 5.18. The zero-order chi connectivity index (χ0) is 24.4. The Kier molecular flexibility index (Phi) is 8.93. The van der Waals surface area contributed by atoms with Gasteiger partial charge in [-0.2, -0.15) is 0 Å². The molecule has 178 valence electrons. The van der Waals surface area contributed by atoms with Crippen LogP contribution in [0.5, 0.6) is 0 Å². The van der Waals surface area contributed by atoms with Gasteiger partial charge in [0.1, 0.15) is 36.8 Å². The minimum Gasteiger partial charge on any atom is -0.756 e. The largest absolute Gasteiger partial charge is 0.756 e. The Morgan fingerprint density at radius 1 is 0.794 bits per heavy atom. The Hall–Kier alpha value is -3.06. The molecule has 0 heterocycles. The van der Waals surface area contributed by atoms with Gasteiger partial charge in [0.2, 0.25) is 0 Å². The van der Waals surface area contributed by atoms with E-state index in [1.54, 1.807) is 0 Å². The molecule has 8 heteroatoms. The standard InChI is InChI=1S/C26H28NO6P/c1-22(2)26(28)31-20-21-33-34(29,30)32-19-18-27(23-12-6-3-7-13-23,24-14-8-4-9-15-24)25-16-10-5-11-17-25/h3-17H,1,18-21H2,2H3. The van der Waals surface area contributed by atoms with Gasteiger partial charge in [-0.05, 0) is 43.3 Å². The lowest BCUT2D eigenvalue weighted by atomic mass is 10.1.